The maximum absolute atomic E-state index is 13.5. The first-order valence-corrected chi connectivity index (χ1v) is 11.8. The van der Waals surface area contributed by atoms with Crippen molar-refractivity contribution in [3.8, 4) is 0 Å². The van der Waals surface area contributed by atoms with Gasteiger partial charge in [-0.15, -0.1) is 12.8 Å². The zero-order valence-electron chi connectivity index (χ0n) is 20.3. The van der Waals surface area contributed by atoms with Crippen LogP contribution in [0, 0.1) is 0 Å². The zero-order chi connectivity index (χ0) is 29.9. The predicted octanol–water partition coefficient (Wildman–Crippen LogP) is 7.64. The van der Waals surface area contributed by atoms with Crippen molar-refractivity contribution < 1.29 is 53.8 Å². The molecular formula is C24H23F9N2O3S. The summed E-state index contributed by atoms with van der Waals surface area (Å²) in [5, 5.41) is 4.19. The number of hydrogen-bond acceptors (Lipinski definition) is 5. The summed E-state index contributed by atoms with van der Waals surface area (Å²) in [6.45, 7) is 3.02. The molecule has 2 N–H and O–H groups in total. The van der Waals surface area contributed by atoms with E-state index in [1.54, 1.807) is 6.92 Å². The second-order valence-electron chi connectivity index (χ2n) is 8.35. The summed E-state index contributed by atoms with van der Waals surface area (Å²) in [6, 6.07) is 1.68. The van der Waals surface area contributed by atoms with Crippen molar-refractivity contribution in [2.75, 3.05) is 11.5 Å². The number of ether oxygens (including phenoxy) is 1. The van der Waals surface area contributed by atoms with E-state index in [0.717, 1.165) is 11.0 Å². The van der Waals surface area contributed by atoms with Crippen LogP contribution in [0.25, 0.3) is 0 Å². The first-order valence-electron chi connectivity index (χ1n) is 11.3. The molecule has 39 heavy (non-hydrogen) atoms. The maximum Gasteiger partial charge on any atom is 0.416 e. The highest BCUT2D eigenvalue weighted by molar-refractivity contribution is 7.77. The lowest BCUT2D eigenvalue weighted by Gasteiger charge is -2.39. The molecule has 2 aromatic carbocycles. The third kappa shape index (κ3) is 7.18. The number of Topliss-reactive ketones (excluding diaryl/α,β-unsaturated/α-hetero) is 1. The number of thiol groups is 1. The average Bonchev–Trinajstić information content (AvgIpc) is 2.86. The van der Waals surface area contributed by atoms with Gasteiger partial charge in [0.25, 0.3) is 0 Å². The summed E-state index contributed by atoms with van der Waals surface area (Å²) >= 11 is 3.03. The molecule has 1 aliphatic heterocycles. The molecule has 0 saturated carbocycles. The van der Waals surface area contributed by atoms with Crippen molar-refractivity contribution in [1.82, 2.24) is 0 Å². The van der Waals surface area contributed by atoms with Gasteiger partial charge in [0, 0.05) is 11.6 Å². The van der Waals surface area contributed by atoms with Crippen molar-refractivity contribution in [3.63, 3.8) is 0 Å². The number of carbonyl (C=O) groups is 2. The van der Waals surface area contributed by atoms with Gasteiger partial charge in [-0.1, -0.05) is 6.92 Å². The number of benzene rings is 2. The molecule has 2 unspecified atom stereocenters. The van der Waals surface area contributed by atoms with Crippen LogP contribution in [0.3, 0.4) is 0 Å². The molecule has 1 aliphatic rings. The van der Waals surface area contributed by atoms with Gasteiger partial charge in [0.1, 0.15) is 0 Å². The minimum Gasteiger partial charge on any atom is -0.449 e. The highest BCUT2D eigenvalue weighted by atomic mass is 32.1. The molecule has 0 radical (unpaired) electrons. The summed E-state index contributed by atoms with van der Waals surface area (Å²) < 4.78 is 125. The molecule has 5 nitrogen and oxygen atoms in total. The van der Waals surface area contributed by atoms with Crippen LogP contribution < -0.4 is 10.0 Å². The SMILES string of the molecule is CCOC(=O)N1c2ccc(C(F)(F)F)cc2C(C(=O)c2cc(C(F)(F)F)cc(C(F)(F)F)c2)CC1CC.NS. The van der Waals surface area contributed by atoms with E-state index in [4.69, 9.17) is 4.74 Å². The Morgan fingerprint density at radius 3 is 1.82 bits per heavy atom. The van der Waals surface area contributed by atoms with Crippen LogP contribution in [0.5, 0.6) is 0 Å². The quantitative estimate of drug-likeness (QED) is 0.218. The van der Waals surface area contributed by atoms with Crippen molar-refractivity contribution in [3.05, 3.63) is 64.2 Å². The Labute approximate surface area is 222 Å². The second kappa shape index (κ2) is 12.1. The zero-order valence-corrected chi connectivity index (χ0v) is 21.2. The van der Waals surface area contributed by atoms with Gasteiger partial charge in [-0.2, -0.15) is 39.5 Å². The van der Waals surface area contributed by atoms with Crippen LogP contribution in [0.15, 0.2) is 36.4 Å². The molecule has 0 aromatic heterocycles. The summed E-state index contributed by atoms with van der Waals surface area (Å²) in [6.07, 6.45) is -16.4. The van der Waals surface area contributed by atoms with Gasteiger partial charge in [0.2, 0.25) is 0 Å². The first-order chi connectivity index (χ1) is 18.0. The van der Waals surface area contributed by atoms with Gasteiger partial charge in [0.05, 0.1) is 34.9 Å². The van der Waals surface area contributed by atoms with E-state index in [1.165, 1.54) is 6.92 Å². The predicted molar refractivity (Wildman–Crippen MR) is 126 cm³/mol. The Kier molecular flexibility index (Phi) is 9.98. The van der Waals surface area contributed by atoms with E-state index in [2.05, 4.69) is 18.0 Å². The molecule has 2 atom stereocenters. The van der Waals surface area contributed by atoms with E-state index >= 15 is 0 Å². The van der Waals surface area contributed by atoms with Crippen LogP contribution in [0.4, 0.5) is 50.0 Å². The van der Waals surface area contributed by atoms with Gasteiger partial charge in [0.15, 0.2) is 5.78 Å². The summed E-state index contributed by atoms with van der Waals surface area (Å²) in [4.78, 5) is 27.1. The molecule has 2 aromatic rings. The topological polar surface area (TPSA) is 72.6 Å². The van der Waals surface area contributed by atoms with Gasteiger partial charge < -0.3 is 4.74 Å². The Morgan fingerprint density at radius 1 is 0.872 bits per heavy atom. The molecule has 0 spiro atoms. The monoisotopic (exact) mass is 590 g/mol. The number of halogens is 9. The summed E-state index contributed by atoms with van der Waals surface area (Å²) in [5.41, 5.74) is -6.14. The van der Waals surface area contributed by atoms with Gasteiger partial charge >= 0.3 is 24.6 Å². The third-order valence-corrected chi connectivity index (χ3v) is 5.99. The third-order valence-electron chi connectivity index (χ3n) is 5.99. The Morgan fingerprint density at radius 2 is 1.38 bits per heavy atom. The van der Waals surface area contributed by atoms with Crippen LogP contribution in [-0.2, 0) is 23.3 Å². The fraction of sp³-hybridized carbons (Fsp3) is 0.417. The van der Waals surface area contributed by atoms with E-state index in [1.807, 2.05) is 0 Å². The summed E-state index contributed by atoms with van der Waals surface area (Å²) in [5.74, 6) is -2.79. The number of amides is 1. The van der Waals surface area contributed by atoms with Crippen LogP contribution in [0.2, 0.25) is 0 Å². The van der Waals surface area contributed by atoms with E-state index in [0.29, 0.717) is 12.1 Å². The van der Waals surface area contributed by atoms with E-state index < -0.39 is 64.6 Å². The molecule has 0 fully saturated rings. The molecule has 3 rings (SSSR count). The Hall–Kier alpha value is -2.94. The Balaban J connectivity index is 0.00000260. The van der Waals surface area contributed by atoms with Crippen molar-refractivity contribution in [2.24, 2.45) is 5.14 Å². The smallest absolute Gasteiger partial charge is 0.416 e. The number of fused-ring (bicyclic) bond motifs is 1. The number of anilines is 1. The average molecular weight is 591 g/mol. The number of hydrogen-bond donors (Lipinski definition) is 2. The van der Waals surface area contributed by atoms with Gasteiger partial charge in [-0.3, -0.25) is 14.8 Å². The van der Waals surface area contributed by atoms with Gasteiger partial charge in [-0.05, 0) is 61.7 Å². The maximum atomic E-state index is 13.5. The molecule has 1 amide bonds. The molecule has 0 saturated heterocycles. The number of nitrogens with two attached hydrogens (primary N) is 1. The lowest BCUT2D eigenvalue weighted by molar-refractivity contribution is -0.143. The minimum absolute atomic E-state index is 0.0749. The molecule has 0 bridgehead atoms. The first kappa shape index (κ1) is 32.3. The number of ketones is 1. The largest absolute Gasteiger partial charge is 0.449 e. The lowest BCUT2D eigenvalue weighted by atomic mass is 9.79. The fourth-order valence-electron chi connectivity index (χ4n) is 4.27. The highest BCUT2D eigenvalue weighted by Crippen LogP contribution is 2.45. The summed E-state index contributed by atoms with van der Waals surface area (Å²) in [7, 11) is 0. The number of nitrogens with zero attached hydrogens (tertiary/aromatic N) is 1. The highest BCUT2D eigenvalue weighted by Gasteiger charge is 2.43. The second-order valence-corrected chi connectivity index (χ2v) is 8.35. The normalized spacial score (nSPS) is 17.6. The van der Waals surface area contributed by atoms with Crippen LogP contribution in [-0.4, -0.2) is 24.5 Å². The molecule has 15 heteroatoms. The number of carbonyl (C=O) groups excluding carboxylic acids is 2. The molecule has 216 valence electrons. The van der Waals surface area contributed by atoms with Crippen molar-refractivity contribution in [2.45, 2.75) is 57.2 Å². The van der Waals surface area contributed by atoms with E-state index in [-0.39, 0.29) is 48.9 Å². The number of alkyl halides is 9. The Bertz CT molecular complexity index is 1160. The van der Waals surface area contributed by atoms with Gasteiger partial charge in [-0.25, -0.2) is 4.79 Å². The molecular weight excluding hydrogens is 567 g/mol. The van der Waals surface area contributed by atoms with Crippen LogP contribution in [0.1, 0.15) is 65.2 Å². The fourth-order valence-corrected chi connectivity index (χ4v) is 4.27. The van der Waals surface area contributed by atoms with E-state index in [9.17, 15) is 49.1 Å². The lowest BCUT2D eigenvalue weighted by Crippen LogP contribution is -2.46. The van der Waals surface area contributed by atoms with Crippen LogP contribution >= 0.6 is 12.8 Å². The minimum atomic E-state index is -5.23. The molecule has 1 heterocycles. The standard InChI is InChI=1S/C24H20F9NO3.H3NS/c1-3-16-11-18(20(35)12-7-14(23(28,29)30)9-15(8-12)24(31,32)33)17-10-13(22(25,26)27)5-6-19(17)34(16)21(36)37-4-2;1-2/h5-10,16,18H,3-4,11H2,1-2H3;2H,1H2. The van der Waals surface area contributed by atoms with Crippen molar-refractivity contribution in [1.29, 1.82) is 0 Å². The molecule has 0 aliphatic carbocycles. The van der Waals surface area contributed by atoms with Crippen molar-refractivity contribution >= 4 is 30.4 Å². The number of rotatable bonds is 4.